The molecule has 2 aromatic carbocycles. The molecular formula is C21H18ClNO2. The van der Waals surface area contributed by atoms with Crippen molar-refractivity contribution in [2.45, 2.75) is 13.8 Å². The molecule has 3 rings (SSSR count). The van der Waals surface area contributed by atoms with Crippen molar-refractivity contribution in [1.29, 1.82) is 0 Å². The van der Waals surface area contributed by atoms with Crippen molar-refractivity contribution in [3.05, 3.63) is 76.9 Å². The number of hydrogen-bond donors (Lipinski definition) is 0. The van der Waals surface area contributed by atoms with Gasteiger partial charge >= 0.3 is 5.97 Å². The Morgan fingerprint density at radius 1 is 1.04 bits per heavy atom. The van der Waals surface area contributed by atoms with E-state index in [1.807, 2.05) is 67.6 Å². The summed E-state index contributed by atoms with van der Waals surface area (Å²) in [6.07, 6.45) is 0. The van der Waals surface area contributed by atoms with Crippen molar-refractivity contribution in [3.8, 4) is 22.4 Å². The predicted octanol–water partition coefficient (Wildman–Crippen LogP) is 5.55. The Bertz CT molecular complexity index is 890. The van der Waals surface area contributed by atoms with Crippen LogP contribution in [0.4, 0.5) is 0 Å². The number of halogens is 1. The fourth-order valence-corrected chi connectivity index (χ4v) is 2.87. The molecule has 25 heavy (non-hydrogen) atoms. The van der Waals surface area contributed by atoms with Gasteiger partial charge in [0.25, 0.3) is 0 Å². The SMILES string of the molecule is CCOC(=O)c1c(-c2ccccc2)cc(-c2ccc(Cl)cc2)nc1C. The number of aromatic nitrogens is 1. The van der Waals surface area contributed by atoms with Gasteiger partial charge in [-0.2, -0.15) is 0 Å². The van der Waals surface area contributed by atoms with Crippen molar-refractivity contribution in [1.82, 2.24) is 4.98 Å². The van der Waals surface area contributed by atoms with E-state index in [1.54, 1.807) is 6.92 Å². The molecule has 1 aromatic heterocycles. The van der Waals surface area contributed by atoms with E-state index in [2.05, 4.69) is 4.98 Å². The smallest absolute Gasteiger partial charge is 0.340 e. The van der Waals surface area contributed by atoms with Crippen molar-refractivity contribution in [2.75, 3.05) is 6.61 Å². The van der Waals surface area contributed by atoms with Gasteiger partial charge in [-0.15, -0.1) is 0 Å². The summed E-state index contributed by atoms with van der Waals surface area (Å²) < 4.78 is 5.24. The first kappa shape index (κ1) is 17.2. The van der Waals surface area contributed by atoms with E-state index < -0.39 is 0 Å². The number of pyridine rings is 1. The van der Waals surface area contributed by atoms with E-state index in [-0.39, 0.29) is 5.97 Å². The molecule has 0 atom stereocenters. The van der Waals surface area contributed by atoms with Crippen LogP contribution < -0.4 is 0 Å². The maximum atomic E-state index is 12.5. The summed E-state index contributed by atoms with van der Waals surface area (Å²) in [6.45, 7) is 3.95. The van der Waals surface area contributed by atoms with Crippen LogP contribution in [0, 0.1) is 6.92 Å². The third-order valence-corrected chi connectivity index (χ3v) is 4.16. The standard InChI is InChI=1S/C21H18ClNO2/c1-3-25-21(24)20-14(2)23-19(16-9-11-17(22)12-10-16)13-18(20)15-7-5-4-6-8-15/h4-13H,3H2,1-2H3. The van der Waals surface area contributed by atoms with Gasteiger partial charge in [-0.3, -0.25) is 4.98 Å². The lowest BCUT2D eigenvalue weighted by Gasteiger charge is -2.14. The molecule has 126 valence electrons. The van der Waals surface area contributed by atoms with Crippen LogP contribution >= 0.6 is 11.6 Å². The number of carbonyl (C=O) groups is 1. The van der Waals surface area contributed by atoms with Gasteiger partial charge in [0, 0.05) is 16.1 Å². The molecule has 4 heteroatoms. The van der Waals surface area contributed by atoms with Crippen LogP contribution in [-0.2, 0) is 4.74 Å². The zero-order chi connectivity index (χ0) is 17.8. The van der Waals surface area contributed by atoms with Gasteiger partial charge in [-0.25, -0.2) is 4.79 Å². The van der Waals surface area contributed by atoms with E-state index in [1.165, 1.54) is 0 Å². The van der Waals surface area contributed by atoms with Crippen molar-refractivity contribution in [3.63, 3.8) is 0 Å². The average molecular weight is 352 g/mol. The second kappa shape index (κ2) is 7.49. The molecular weight excluding hydrogens is 334 g/mol. The first-order valence-electron chi connectivity index (χ1n) is 8.10. The topological polar surface area (TPSA) is 39.2 Å². The monoisotopic (exact) mass is 351 g/mol. The van der Waals surface area contributed by atoms with Crippen LogP contribution in [0.5, 0.6) is 0 Å². The normalized spacial score (nSPS) is 10.5. The molecule has 0 saturated carbocycles. The maximum absolute atomic E-state index is 12.5. The summed E-state index contributed by atoms with van der Waals surface area (Å²) in [4.78, 5) is 17.1. The van der Waals surface area contributed by atoms with Gasteiger partial charge in [0.2, 0.25) is 0 Å². The van der Waals surface area contributed by atoms with Crippen molar-refractivity contribution >= 4 is 17.6 Å². The van der Waals surface area contributed by atoms with E-state index in [9.17, 15) is 4.79 Å². The lowest BCUT2D eigenvalue weighted by atomic mass is 9.96. The fourth-order valence-electron chi connectivity index (χ4n) is 2.75. The molecule has 0 aliphatic heterocycles. The highest BCUT2D eigenvalue weighted by molar-refractivity contribution is 6.30. The Balaban J connectivity index is 2.20. The number of nitrogens with zero attached hydrogens (tertiary/aromatic N) is 1. The second-order valence-corrected chi connectivity index (χ2v) is 6.05. The Kier molecular flexibility index (Phi) is 5.15. The number of hydrogen-bond acceptors (Lipinski definition) is 3. The quantitative estimate of drug-likeness (QED) is 0.578. The van der Waals surface area contributed by atoms with Gasteiger partial charge in [0.15, 0.2) is 0 Å². The molecule has 0 saturated heterocycles. The van der Waals surface area contributed by atoms with E-state index in [0.29, 0.717) is 22.9 Å². The number of benzene rings is 2. The fraction of sp³-hybridized carbons (Fsp3) is 0.143. The number of ether oxygens (including phenoxy) is 1. The number of rotatable bonds is 4. The van der Waals surface area contributed by atoms with Crippen LogP contribution in [0.1, 0.15) is 23.0 Å². The number of carbonyl (C=O) groups excluding carboxylic acids is 1. The van der Waals surface area contributed by atoms with Crippen molar-refractivity contribution in [2.24, 2.45) is 0 Å². The third kappa shape index (κ3) is 3.72. The molecule has 0 N–H and O–H groups in total. The summed E-state index contributed by atoms with van der Waals surface area (Å²) in [5, 5.41) is 0.673. The molecule has 0 unspecified atom stereocenters. The molecule has 0 radical (unpaired) electrons. The Hall–Kier alpha value is -2.65. The van der Waals surface area contributed by atoms with E-state index in [4.69, 9.17) is 16.3 Å². The Morgan fingerprint density at radius 3 is 2.36 bits per heavy atom. The summed E-state index contributed by atoms with van der Waals surface area (Å²) in [5.41, 5.74) is 4.65. The Labute approximate surface area is 152 Å². The largest absolute Gasteiger partial charge is 0.462 e. The first-order chi connectivity index (χ1) is 12.1. The summed E-state index contributed by atoms with van der Waals surface area (Å²) in [5.74, 6) is -0.353. The molecule has 0 aliphatic rings. The molecule has 1 heterocycles. The minimum Gasteiger partial charge on any atom is -0.462 e. The minimum absolute atomic E-state index is 0.325. The van der Waals surface area contributed by atoms with Crippen LogP contribution in [0.3, 0.4) is 0 Å². The average Bonchev–Trinajstić information content (AvgIpc) is 2.62. The summed E-state index contributed by atoms with van der Waals surface area (Å²) >= 11 is 5.98. The predicted molar refractivity (Wildman–Crippen MR) is 101 cm³/mol. The minimum atomic E-state index is -0.353. The van der Waals surface area contributed by atoms with Gasteiger partial charge in [-0.1, -0.05) is 54.1 Å². The molecule has 0 amide bonds. The highest BCUT2D eigenvalue weighted by Crippen LogP contribution is 2.31. The van der Waals surface area contributed by atoms with Gasteiger partial charge in [-0.05, 0) is 37.6 Å². The van der Waals surface area contributed by atoms with Crippen LogP contribution in [0.25, 0.3) is 22.4 Å². The van der Waals surface area contributed by atoms with E-state index >= 15 is 0 Å². The summed E-state index contributed by atoms with van der Waals surface area (Å²) in [6, 6.07) is 19.2. The highest BCUT2D eigenvalue weighted by Gasteiger charge is 2.19. The zero-order valence-electron chi connectivity index (χ0n) is 14.1. The molecule has 0 fully saturated rings. The summed E-state index contributed by atoms with van der Waals surface area (Å²) in [7, 11) is 0. The molecule has 0 aliphatic carbocycles. The van der Waals surface area contributed by atoms with Gasteiger partial charge in [0.1, 0.15) is 0 Å². The zero-order valence-corrected chi connectivity index (χ0v) is 14.9. The van der Waals surface area contributed by atoms with Crippen LogP contribution in [-0.4, -0.2) is 17.6 Å². The molecule has 0 spiro atoms. The second-order valence-electron chi connectivity index (χ2n) is 5.61. The van der Waals surface area contributed by atoms with Gasteiger partial charge in [0.05, 0.1) is 23.6 Å². The first-order valence-corrected chi connectivity index (χ1v) is 8.48. The maximum Gasteiger partial charge on any atom is 0.340 e. The third-order valence-electron chi connectivity index (χ3n) is 3.90. The van der Waals surface area contributed by atoms with E-state index in [0.717, 1.165) is 22.4 Å². The molecule has 3 nitrogen and oxygen atoms in total. The molecule has 3 aromatic rings. The van der Waals surface area contributed by atoms with Crippen LogP contribution in [0.15, 0.2) is 60.7 Å². The van der Waals surface area contributed by atoms with Gasteiger partial charge < -0.3 is 4.74 Å². The Morgan fingerprint density at radius 2 is 1.72 bits per heavy atom. The molecule has 0 bridgehead atoms. The highest BCUT2D eigenvalue weighted by atomic mass is 35.5. The lowest BCUT2D eigenvalue weighted by Crippen LogP contribution is -2.10. The van der Waals surface area contributed by atoms with Crippen LogP contribution in [0.2, 0.25) is 5.02 Å². The lowest BCUT2D eigenvalue weighted by molar-refractivity contribution is 0.0526. The van der Waals surface area contributed by atoms with Crippen molar-refractivity contribution < 1.29 is 9.53 Å². The number of aryl methyl sites for hydroxylation is 1. The number of esters is 1.